The maximum absolute atomic E-state index is 12.8. The maximum atomic E-state index is 12.8. The summed E-state index contributed by atoms with van der Waals surface area (Å²) in [6.07, 6.45) is 11.1. The van der Waals surface area contributed by atoms with Crippen molar-refractivity contribution in [2.24, 2.45) is 5.92 Å². The number of nitrogens with zero attached hydrogens (tertiary/aromatic N) is 4. The van der Waals surface area contributed by atoms with E-state index in [1.54, 1.807) is 0 Å². The van der Waals surface area contributed by atoms with Gasteiger partial charge < -0.3 is 15.1 Å². The van der Waals surface area contributed by atoms with E-state index >= 15 is 0 Å². The summed E-state index contributed by atoms with van der Waals surface area (Å²) in [4.78, 5) is 29.2. The quantitative estimate of drug-likeness (QED) is 0.807. The van der Waals surface area contributed by atoms with Gasteiger partial charge >= 0.3 is 0 Å². The van der Waals surface area contributed by atoms with Crippen molar-refractivity contribution in [2.75, 3.05) is 39.3 Å². The van der Waals surface area contributed by atoms with Gasteiger partial charge in [0.15, 0.2) is 0 Å². The zero-order valence-corrected chi connectivity index (χ0v) is 18.0. The molecule has 7 nitrogen and oxygen atoms in total. The van der Waals surface area contributed by atoms with E-state index < -0.39 is 0 Å². The Kier molecular flexibility index (Phi) is 7.95. The lowest BCUT2D eigenvalue weighted by atomic mass is 9.86. The Hall–Kier alpha value is -1.60. The first kappa shape index (κ1) is 22.1. The van der Waals surface area contributed by atoms with Crippen LogP contribution in [0.3, 0.4) is 0 Å². The van der Waals surface area contributed by atoms with Crippen LogP contribution in [0.5, 0.6) is 0 Å². The van der Waals surface area contributed by atoms with Crippen molar-refractivity contribution in [2.45, 2.75) is 57.4 Å². The molecule has 1 aromatic rings. The van der Waals surface area contributed by atoms with E-state index in [0.29, 0.717) is 50.3 Å². The Bertz CT molecular complexity index is 674. The highest BCUT2D eigenvalue weighted by atomic mass is 35.5. The summed E-state index contributed by atoms with van der Waals surface area (Å²) in [5, 5.41) is 7.93. The van der Waals surface area contributed by atoms with E-state index in [0.717, 1.165) is 25.9 Å². The molecule has 1 aromatic heterocycles. The van der Waals surface area contributed by atoms with Crippen molar-refractivity contribution >= 4 is 24.2 Å². The van der Waals surface area contributed by atoms with Gasteiger partial charge in [0.2, 0.25) is 5.91 Å². The Balaban J connectivity index is 0.00000240. The molecule has 29 heavy (non-hydrogen) atoms. The molecule has 0 radical (unpaired) electrons. The summed E-state index contributed by atoms with van der Waals surface area (Å²) in [5.41, 5.74) is 0.521. The fraction of sp³-hybridized carbons (Fsp3) is 0.762. The summed E-state index contributed by atoms with van der Waals surface area (Å²) >= 11 is 0. The number of aromatic nitrogens is 2. The van der Waals surface area contributed by atoms with E-state index in [-0.39, 0.29) is 24.2 Å². The molecule has 8 heteroatoms. The predicted octanol–water partition coefficient (Wildman–Crippen LogP) is 2.48. The number of piperidine rings is 1. The molecule has 3 aliphatic rings. The molecule has 1 saturated carbocycles. The van der Waals surface area contributed by atoms with Crippen LogP contribution >= 0.6 is 12.4 Å². The van der Waals surface area contributed by atoms with E-state index in [1.165, 1.54) is 32.1 Å². The van der Waals surface area contributed by atoms with Gasteiger partial charge in [-0.25, -0.2) is 0 Å². The van der Waals surface area contributed by atoms with Crippen molar-refractivity contribution in [3.8, 4) is 0 Å². The number of hydrogen-bond donors (Lipinski definition) is 1. The molecule has 1 N–H and O–H groups in total. The molecule has 1 aliphatic carbocycles. The van der Waals surface area contributed by atoms with Crippen LogP contribution in [0, 0.1) is 5.92 Å². The predicted molar refractivity (Wildman–Crippen MR) is 114 cm³/mol. The molecule has 1 atom stereocenters. The number of piperazine rings is 1. The zero-order valence-electron chi connectivity index (χ0n) is 17.2. The van der Waals surface area contributed by atoms with Gasteiger partial charge in [-0.2, -0.15) is 5.10 Å². The van der Waals surface area contributed by atoms with Crippen LogP contribution in [0.15, 0.2) is 12.3 Å². The van der Waals surface area contributed by atoms with Gasteiger partial charge in [0.05, 0.1) is 6.04 Å². The molecule has 2 saturated heterocycles. The van der Waals surface area contributed by atoms with Gasteiger partial charge in [0.25, 0.3) is 5.91 Å². The second kappa shape index (κ2) is 10.4. The van der Waals surface area contributed by atoms with E-state index in [2.05, 4.69) is 10.4 Å². The first-order valence-corrected chi connectivity index (χ1v) is 11.0. The van der Waals surface area contributed by atoms with Crippen LogP contribution in [-0.4, -0.2) is 70.7 Å². The fourth-order valence-electron chi connectivity index (χ4n) is 4.80. The van der Waals surface area contributed by atoms with Gasteiger partial charge in [0.1, 0.15) is 5.69 Å². The molecule has 0 bridgehead atoms. The molecule has 2 amide bonds. The van der Waals surface area contributed by atoms with E-state index in [1.807, 2.05) is 26.7 Å². The third-order valence-corrected chi connectivity index (χ3v) is 6.58. The molecule has 0 aromatic carbocycles. The van der Waals surface area contributed by atoms with E-state index in [9.17, 15) is 9.59 Å². The lowest BCUT2D eigenvalue weighted by molar-refractivity contribution is -0.133. The van der Waals surface area contributed by atoms with Gasteiger partial charge in [-0.3, -0.25) is 14.3 Å². The maximum Gasteiger partial charge on any atom is 0.274 e. The summed E-state index contributed by atoms with van der Waals surface area (Å²) < 4.78 is 1.93. The summed E-state index contributed by atoms with van der Waals surface area (Å²) in [6, 6.07) is 2.17. The monoisotopic (exact) mass is 423 g/mol. The van der Waals surface area contributed by atoms with Crippen molar-refractivity contribution in [1.29, 1.82) is 0 Å². The Labute approximate surface area is 179 Å². The van der Waals surface area contributed by atoms with Crippen molar-refractivity contribution in [1.82, 2.24) is 24.9 Å². The number of rotatable bonds is 4. The molecule has 3 fully saturated rings. The first-order valence-electron chi connectivity index (χ1n) is 11.0. The van der Waals surface area contributed by atoms with Gasteiger partial charge in [-0.1, -0.05) is 19.3 Å². The van der Waals surface area contributed by atoms with Crippen LogP contribution in [0.25, 0.3) is 0 Å². The minimum atomic E-state index is -0.0121. The summed E-state index contributed by atoms with van der Waals surface area (Å²) in [5.74, 6) is 0.828. The molecule has 2 aliphatic heterocycles. The standard InChI is InChI=1S/C21H33N5O2.ClH/c27-20(15-17-5-2-1-3-6-17)24-11-13-25(14-12-24)21(28)19-8-10-26(23-19)18-7-4-9-22-16-18;/h8,10,17-18,22H,1-7,9,11-16H2;1H. The summed E-state index contributed by atoms with van der Waals surface area (Å²) in [6.45, 7) is 4.47. The number of nitrogens with one attached hydrogen (secondary N) is 1. The average molecular weight is 424 g/mol. The highest BCUT2D eigenvalue weighted by Gasteiger charge is 2.28. The third-order valence-electron chi connectivity index (χ3n) is 6.58. The van der Waals surface area contributed by atoms with Crippen LogP contribution < -0.4 is 5.32 Å². The van der Waals surface area contributed by atoms with Crippen LogP contribution in [0.2, 0.25) is 0 Å². The molecule has 1 unspecified atom stereocenters. The van der Waals surface area contributed by atoms with E-state index in [4.69, 9.17) is 0 Å². The lowest BCUT2D eigenvalue weighted by Crippen LogP contribution is -2.51. The van der Waals surface area contributed by atoms with Crippen LogP contribution in [-0.2, 0) is 4.79 Å². The molecule has 162 valence electrons. The molecule has 0 spiro atoms. The minimum absolute atomic E-state index is 0. The smallest absolute Gasteiger partial charge is 0.274 e. The second-order valence-corrected chi connectivity index (χ2v) is 8.56. The summed E-state index contributed by atoms with van der Waals surface area (Å²) in [7, 11) is 0. The number of amides is 2. The van der Waals surface area contributed by atoms with Gasteiger partial charge in [-0.05, 0) is 44.2 Å². The second-order valence-electron chi connectivity index (χ2n) is 8.56. The van der Waals surface area contributed by atoms with Crippen molar-refractivity contribution in [3.05, 3.63) is 18.0 Å². The Morgan fingerprint density at radius 1 is 1.00 bits per heavy atom. The highest BCUT2D eigenvalue weighted by molar-refractivity contribution is 5.92. The highest BCUT2D eigenvalue weighted by Crippen LogP contribution is 2.27. The van der Waals surface area contributed by atoms with Crippen molar-refractivity contribution in [3.63, 3.8) is 0 Å². The topological polar surface area (TPSA) is 70.5 Å². The molecular weight excluding hydrogens is 390 g/mol. The number of carbonyl (C=O) groups is 2. The van der Waals surface area contributed by atoms with Crippen LogP contribution in [0.4, 0.5) is 0 Å². The zero-order chi connectivity index (χ0) is 19.3. The fourth-order valence-corrected chi connectivity index (χ4v) is 4.80. The number of hydrogen-bond acceptors (Lipinski definition) is 4. The first-order chi connectivity index (χ1) is 13.7. The lowest BCUT2D eigenvalue weighted by Gasteiger charge is -2.35. The molecule has 4 rings (SSSR count). The minimum Gasteiger partial charge on any atom is -0.339 e. The molecule has 3 heterocycles. The van der Waals surface area contributed by atoms with Gasteiger partial charge in [-0.15, -0.1) is 12.4 Å². The largest absolute Gasteiger partial charge is 0.339 e. The average Bonchev–Trinajstić information content (AvgIpc) is 3.25. The van der Waals surface area contributed by atoms with Crippen LogP contribution in [0.1, 0.15) is 67.9 Å². The number of carbonyl (C=O) groups excluding carboxylic acids is 2. The normalized spacial score (nSPS) is 23.5. The Morgan fingerprint density at radius 3 is 2.41 bits per heavy atom. The Morgan fingerprint density at radius 2 is 1.72 bits per heavy atom. The third kappa shape index (κ3) is 5.51. The SMILES string of the molecule is Cl.O=C(CC1CCCCC1)N1CCN(C(=O)c2ccn(C3CCCNC3)n2)CC1. The van der Waals surface area contributed by atoms with Crippen molar-refractivity contribution < 1.29 is 9.59 Å². The number of halogens is 1. The van der Waals surface area contributed by atoms with Gasteiger partial charge in [0, 0.05) is 45.3 Å². The molecular formula is C21H34ClN5O2.